The van der Waals surface area contributed by atoms with Crippen LogP contribution in [-0.2, 0) is 16.0 Å². The summed E-state index contributed by atoms with van der Waals surface area (Å²) in [5.74, 6) is -2.19. The standard InChI is InChI=1S/C26H38BFN4O5/c1-25(2,31-13-10-21(28)17-31)15-20(16-29)23(33)32-12-7-11-26(32,3)18-37-24(34)30-22(27(35)36)14-19-8-5-4-6-9-19/h4-6,8-9,20-22,35-36H,7,10-15,17-18H2,1-3H3,(H,30,34)/t20?,21-,22+,26-/m1/s1. The molecule has 0 spiro atoms. The Hall–Kier alpha value is -2.68. The molecular weight excluding hydrogens is 478 g/mol. The number of benzene rings is 1. The highest BCUT2D eigenvalue weighted by atomic mass is 19.1. The van der Waals surface area contributed by atoms with E-state index in [0.717, 1.165) is 5.56 Å². The van der Waals surface area contributed by atoms with Gasteiger partial charge in [-0.2, -0.15) is 5.26 Å². The molecule has 11 heteroatoms. The van der Waals surface area contributed by atoms with Crippen molar-refractivity contribution in [2.75, 3.05) is 26.2 Å². The van der Waals surface area contributed by atoms with Crippen molar-refractivity contribution in [3.05, 3.63) is 35.9 Å². The third-order valence-electron chi connectivity index (χ3n) is 7.63. The highest BCUT2D eigenvalue weighted by Crippen LogP contribution is 2.34. The van der Waals surface area contributed by atoms with E-state index in [4.69, 9.17) is 4.74 Å². The van der Waals surface area contributed by atoms with E-state index < -0.39 is 42.3 Å². The molecule has 9 nitrogen and oxygen atoms in total. The third kappa shape index (κ3) is 7.43. The van der Waals surface area contributed by atoms with E-state index in [2.05, 4.69) is 11.4 Å². The number of nitrogens with one attached hydrogen (secondary N) is 1. The summed E-state index contributed by atoms with van der Waals surface area (Å²) in [5.41, 5.74) is -0.484. The summed E-state index contributed by atoms with van der Waals surface area (Å²) >= 11 is 0. The Morgan fingerprint density at radius 1 is 1.32 bits per heavy atom. The van der Waals surface area contributed by atoms with Crippen molar-refractivity contribution >= 4 is 19.1 Å². The van der Waals surface area contributed by atoms with Crippen molar-refractivity contribution in [3.8, 4) is 6.07 Å². The molecule has 1 aromatic carbocycles. The molecule has 3 rings (SSSR count). The Balaban J connectivity index is 1.59. The van der Waals surface area contributed by atoms with Gasteiger partial charge in [-0.1, -0.05) is 30.3 Å². The molecule has 1 aromatic rings. The molecule has 4 atom stereocenters. The molecule has 0 aromatic heterocycles. The molecule has 3 N–H and O–H groups in total. The molecule has 0 saturated carbocycles. The summed E-state index contributed by atoms with van der Waals surface area (Å²) in [6, 6.07) is 11.3. The Bertz CT molecular complexity index is 975. The number of nitrogens with zero attached hydrogens (tertiary/aromatic N) is 3. The van der Waals surface area contributed by atoms with Crippen LogP contribution in [0.5, 0.6) is 0 Å². The van der Waals surface area contributed by atoms with Crippen LogP contribution in [0.3, 0.4) is 0 Å². The van der Waals surface area contributed by atoms with E-state index in [-0.39, 0.29) is 25.4 Å². The molecule has 2 amide bonds. The number of likely N-dealkylation sites (tertiary alicyclic amines) is 2. The van der Waals surface area contributed by atoms with Crippen LogP contribution in [0.2, 0.25) is 0 Å². The van der Waals surface area contributed by atoms with Gasteiger partial charge in [0.15, 0.2) is 0 Å². The Morgan fingerprint density at radius 2 is 2.03 bits per heavy atom. The average molecular weight is 516 g/mol. The van der Waals surface area contributed by atoms with Crippen molar-refractivity contribution in [2.45, 2.75) is 76.1 Å². The second-order valence-electron chi connectivity index (χ2n) is 11.1. The van der Waals surface area contributed by atoms with E-state index in [9.17, 15) is 29.3 Å². The van der Waals surface area contributed by atoms with Crippen LogP contribution < -0.4 is 5.32 Å². The lowest BCUT2D eigenvalue weighted by atomic mass is 9.76. The predicted octanol–water partition coefficient (Wildman–Crippen LogP) is 2.07. The number of alkyl carbamates (subject to hydrolysis) is 1. The highest BCUT2D eigenvalue weighted by molar-refractivity contribution is 6.43. The quantitative estimate of drug-likeness (QED) is 0.407. The summed E-state index contributed by atoms with van der Waals surface area (Å²) in [4.78, 5) is 29.6. The topological polar surface area (TPSA) is 126 Å². The zero-order valence-corrected chi connectivity index (χ0v) is 21.9. The molecule has 37 heavy (non-hydrogen) atoms. The number of ether oxygens (including phenoxy) is 1. The van der Waals surface area contributed by atoms with Gasteiger partial charge >= 0.3 is 13.2 Å². The van der Waals surface area contributed by atoms with Crippen LogP contribution in [0.1, 0.15) is 52.0 Å². The average Bonchev–Trinajstić information content (AvgIpc) is 3.47. The number of rotatable bonds is 10. The Kier molecular flexibility index (Phi) is 9.56. The van der Waals surface area contributed by atoms with Gasteiger partial charge in [0.1, 0.15) is 18.7 Å². The molecule has 2 fully saturated rings. The Labute approximate surface area is 218 Å². The first-order valence-corrected chi connectivity index (χ1v) is 12.9. The monoisotopic (exact) mass is 516 g/mol. The van der Waals surface area contributed by atoms with E-state index in [1.807, 2.05) is 56.0 Å². The number of alkyl halides is 1. The van der Waals surface area contributed by atoms with Crippen molar-refractivity contribution in [3.63, 3.8) is 0 Å². The summed E-state index contributed by atoms with van der Waals surface area (Å²) in [5, 5.41) is 31.8. The van der Waals surface area contributed by atoms with Crippen LogP contribution in [0, 0.1) is 17.2 Å². The lowest BCUT2D eigenvalue weighted by Crippen LogP contribution is -2.53. The van der Waals surface area contributed by atoms with Gasteiger partial charge in [0.2, 0.25) is 5.91 Å². The van der Waals surface area contributed by atoms with E-state index in [1.54, 1.807) is 4.90 Å². The number of carbonyl (C=O) groups excluding carboxylic acids is 2. The van der Waals surface area contributed by atoms with Crippen molar-refractivity contribution < 1.29 is 28.8 Å². The SMILES string of the molecule is CC(C)(CC(C#N)C(=O)N1CCC[C@]1(C)COC(=O)N[C@@H](Cc1ccccc1)B(O)O)N1CC[C@@H](F)C1. The van der Waals surface area contributed by atoms with Gasteiger partial charge in [-0.15, -0.1) is 0 Å². The van der Waals surface area contributed by atoms with Crippen LogP contribution >= 0.6 is 0 Å². The minimum Gasteiger partial charge on any atom is -0.447 e. The summed E-state index contributed by atoms with van der Waals surface area (Å²) < 4.78 is 19.2. The summed E-state index contributed by atoms with van der Waals surface area (Å²) in [6.07, 6.45) is 0.531. The van der Waals surface area contributed by atoms with Crippen molar-refractivity contribution in [2.24, 2.45) is 5.92 Å². The van der Waals surface area contributed by atoms with Crippen LogP contribution in [0.25, 0.3) is 0 Å². The zero-order valence-electron chi connectivity index (χ0n) is 21.9. The maximum Gasteiger partial charge on any atom is 0.475 e. The second-order valence-corrected chi connectivity index (χ2v) is 11.1. The first kappa shape index (κ1) is 28.9. The molecule has 0 aliphatic carbocycles. The fourth-order valence-electron chi connectivity index (χ4n) is 5.33. The van der Waals surface area contributed by atoms with Gasteiger partial charge in [-0.05, 0) is 58.4 Å². The van der Waals surface area contributed by atoms with E-state index >= 15 is 0 Å². The van der Waals surface area contributed by atoms with Crippen LogP contribution in [-0.4, -0.2) is 88.4 Å². The summed E-state index contributed by atoms with van der Waals surface area (Å²) in [6.45, 7) is 6.93. The van der Waals surface area contributed by atoms with Gasteiger partial charge in [0.05, 0.1) is 17.5 Å². The third-order valence-corrected chi connectivity index (χ3v) is 7.63. The first-order chi connectivity index (χ1) is 17.4. The van der Waals surface area contributed by atoms with Gasteiger partial charge in [-0.3, -0.25) is 9.69 Å². The molecular formula is C26H38BFN4O5. The predicted molar refractivity (Wildman–Crippen MR) is 137 cm³/mol. The van der Waals surface area contributed by atoms with Crippen molar-refractivity contribution in [1.82, 2.24) is 15.1 Å². The number of hydrogen-bond donors (Lipinski definition) is 3. The second kappa shape index (κ2) is 12.2. The largest absolute Gasteiger partial charge is 0.475 e. The van der Waals surface area contributed by atoms with Gasteiger partial charge in [0.25, 0.3) is 0 Å². The fraction of sp³-hybridized carbons (Fsp3) is 0.654. The maximum atomic E-state index is 13.8. The van der Waals surface area contributed by atoms with Crippen molar-refractivity contribution in [1.29, 1.82) is 5.26 Å². The summed E-state index contributed by atoms with van der Waals surface area (Å²) in [7, 11) is -1.78. The first-order valence-electron chi connectivity index (χ1n) is 12.9. The normalized spacial score (nSPS) is 23.8. The number of carbonyl (C=O) groups is 2. The molecule has 2 heterocycles. The highest BCUT2D eigenvalue weighted by Gasteiger charge is 2.45. The fourth-order valence-corrected chi connectivity index (χ4v) is 5.33. The van der Waals surface area contributed by atoms with Crippen LogP contribution in [0.4, 0.5) is 9.18 Å². The van der Waals surface area contributed by atoms with E-state index in [1.165, 1.54) is 0 Å². The van der Waals surface area contributed by atoms with E-state index in [0.29, 0.717) is 38.9 Å². The molecule has 202 valence electrons. The Morgan fingerprint density at radius 3 is 2.62 bits per heavy atom. The maximum absolute atomic E-state index is 13.8. The number of hydrogen-bond acceptors (Lipinski definition) is 7. The molecule has 1 unspecified atom stereocenters. The minimum atomic E-state index is -1.78. The van der Waals surface area contributed by atoms with Crippen LogP contribution in [0.15, 0.2) is 30.3 Å². The number of amides is 2. The number of nitriles is 1. The molecule has 0 radical (unpaired) electrons. The van der Waals surface area contributed by atoms with Gasteiger partial charge < -0.3 is 25.0 Å². The smallest absolute Gasteiger partial charge is 0.447 e. The van der Waals surface area contributed by atoms with Gasteiger partial charge in [-0.25, -0.2) is 9.18 Å². The number of halogens is 1. The minimum absolute atomic E-state index is 0.0959. The zero-order chi connectivity index (χ0) is 27.2. The lowest BCUT2D eigenvalue weighted by Gasteiger charge is -2.39. The molecule has 2 aliphatic rings. The molecule has 0 bridgehead atoms. The lowest BCUT2D eigenvalue weighted by molar-refractivity contribution is -0.140. The molecule has 2 saturated heterocycles. The van der Waals surface area contributed by atoms with Gasteiger partial charge in [0, 0.05) is 25.2 Å². The molecule has 2 aliphatic heterocycles.